The first kappa shape index (κ1) is 19.9. The quantitative estimate of drug-likeness (QED) is 0.369. The van der Waals surface area contributed by atoms with Crippen LogP contribution in [0, 0.1) is 13.8 Å². The first-order valence-electron chi connectivity index (χ1n) is 9.71. The van der Waals surface area contributed by atoms with Crippen molar-refractivity contribution in [3.63, 3.8) is 0 Å². The molecule has 0 bridgehead atoms. The van der Waals surface area contributed by atoms with E-state index in [1.807, 2.05) is 13.1 Å². The maximum atomic E-state index is 4.66. The zero-order valence-corrected chi connectivity index (χ0v) is 19.1. The molecule has 0 saturated heterocycles. The van der Waals surface area contributed by atoms with E-state index in [1.165, 1.54) is 21.5 Å². The number of nitrogens with zero attached hydrogens (tertiary/aromatic N) is 2. The molecule has 1 aromatic heterocycles. The van der Waals surface area contributed by atoms with Gasteiger partial charge in [0, 0.05) is 0 Å². The second-order valence-electron chi connectivity index (χ2n) is 7.38. The number of hydrogen-bond acceptors (Lipinski definition) is 2. The molecule has 0 aliphatic rings. The van der Waals surface area contributed by atoms with Gasteiger partial charge in [0.2, 0.25) is 0 Å². The van der Waals surface area contributed by atoms with Crippen LogP contribution in [0.4, 0.5) is 0 Å². The van der Waals surface area contributed by atoms with Gasteiger partial charge in [-0.3, -0.25) is 0 Å². The van der Waals surface area contributed by atoms with Crippen molar-refractivity contribution in [3.8, 4) is 0 Å². The molecule has 4 heteroatoms. The van der Waals surface area contributed by atoms with Crippen molar-refractivity contribution in [2.75, 3.05) is 0 Å². The molecule has 4 rings (SSSR count). The Balaban J connectivity index is 2.09. The Morgan fingerprint density at radius 2 is 1.10 bits per heavy atom. The van der Waals surface area contributed by atoms with E-state index in [0.717, 1.165) is 17.7 Å². The van der Waals surface area contributed by atoms with Gasteiger partial charge in [0.05, 0.1) is 0 Å². The Labute approximate surface area is 180 Å². The summed E-state index contributed by atoms with van der Waals surface area (Å²) in [4.78, 5) is 9.18. The molecule has 0 radical (unpaired) electrons. The van der Waals surface area contributed by atoms with Crippen LogP contribution in [0.2, 0.25) is 0 Å². The maximum absolute atomic E-state index is 4.66. The molecule has 1 heterocycles. The first-order chi connectivity index (χ1) is 14.0. The van der Waals surface area contributed by atoms with Crippen LogP contribution in [0.5, 0.6) is 0 Å². The fourth-order valence-corrected chi connectivity index (χ4v) is 11.7. The Kier molecular flexibility index (Phi) is 5.38. The molecule has 29 heavy (non-hydrogen) atoms. The zero-order valence-electron chi connectivity index (χ0n) is 16.7. The second kappa shape index (κ2) is 7.82. The summed E-state index contributed by atoms with van der Waals surface area (Å²) in [7, 11) is 0. The first-order valence-corrected chi connectivity index (χ1v) is 14.1. The van der Waals surface area contributed by atoms with Crippen LogP contribution in [0.25, 0.3) is 0 Å². The molecule has 0 spiro atoms. The molecule has 0 N–H and O–H groups in total. The van der Waals surface area contributed by atoms with Crippen LogP contribution in [0.15, 0.2) is 97.2 Å². The van der Waals surface area contributed by atoms with Crippen LogP contribution in [0.3, 0.4) is 0 Å². The fraction of sp³-hybridized carbons (Fsp3) is 0.120. The van der Waals surface area contributed by atoms with Gasteiger partial charge < -0.3 is 0 Å². The van der Waals surface area contributed by atoms with Crippen molar-refractivity contribution >= 4 is 36.7 Å². The molecule has 3 aromatic carbocycles. The van der Waals surface area contributed by atoms with Crippen LogP contribution in [-0.4, -0.2) is 9.97 Å². The van der Waals surface area contributed by atoms with Crippen molar-refractivity contribution in [2.24, 2.45) is 0 Å². The number of aryl methyl sites for hydroxylation is 2. The average molecular weight is 463 g/mol. The molecule has 0 amide bonds. The van der Waals surface area contributed by atoms with E-state index >= 15 is 0 Å². The normalized spacial score (nSPS) is 12.9. The summed E-state index contributed by atoms with van der Waals surface area (Å²) in [5.41, 5.74) is 2.20. The molecule has 0 unspecified atom stereocenters. The van der Waals surface area contributed by atoms with Crippen molar-refractivity contribution in [1.29, 1.82) is 0 Å². The van der Waals surface area contributed by atoms with Crippen LogP contribution < -0.4 is 15.9 Å². The molecule has 0 aliphatic heterocycles. The zero-order chi connectivity index (χ0) is 20.3. The predicted molar refractivity (Wildman–Crippen MR) is 129 cm³/mol. The van der Waals surface area contributed by atoms with Crippen LogP contribution in [-0.2, 0) is 6.16 Å². The van der Waals surface area contributed by atoms with Gasteiger partial charge in [-0.15, -0.1) is 0 Å². The molecular weight excluding hydrogens is 439 g/mol. The summed E-state index contributed by atoms with van der Waals surface area (Å²) in [6.07, 6.45) is 2.81. The van der Waals surface area contributed by atoms with E-state index in [9.17, 15) is 0 Å². The molecule has 2 nitrogen and oxygen atoms in total. The van der Waals surface area contributed by atoms with Gasteiger partial charge in [-0.05, 0) is 0 Å². The van der Waals surface area contributed by atoms with Gasteiger partial charge in [-0.25, -0.2) is 0 Å². The standard InChI is InChI=1S/C25H24BrN2P/c1-20-22(18-27-21(2)28-20)19-29(26,23-12-6-3-7-13-23,24-14-8-4-9-15-24)25-16-10-5-11-17-25/h3-18H,19H2,1-2H3. The fourth-order valence-electron chi connectivity index (χ4n) is 4.02. The van der Waals surface area contributed by atoms with Gasteiger partial charge in [-0.1, -0.05) is 0 Å². The molecule has 146 valence electrons. The van der Waals surface area contributed by atoms with Gasteiger partial charge in [0.25, 0.3) is 0 Å². The minimum atomic E-state index is -3.00. The Morgan fingerprint density at radius 3 is 1.48 bits per heavy atom. The second-order valence-corrected chi connectivity index (χ2v) is 16.3. The average Bonchev–Trinajstić information content (AvgIpc) is 2.78. The summed E-state index contributed by atoms with van der Waals surface area (Å²) in [5.74, 6) is 0.806. The van der Waals surface area contributed by atoms with Crippen molar-refractivity contribution in [1.82, 2.24) is 9.97 Å². The molecule has 0 aliphatic carbocycles. The monoisotopic (exact) mass is 462 g/mol. The van der Waals surface area contributed by atoms with Gasteiger partial charge in [-0.2, -0.15) is 0 Å². The summed E-state index contributed by atoms with van der Waals surface area (Å²) in [5, 5.41) is 0.907. The third-order valence-corrected chi connectivity index (χ3v) is 15.0. The van der Waals surface area contributed by atoms with E-state index in [-0.39, 0.29) is 0 Å². The van der Waals surface area contributed by atoms with Crippen molar-refractivity contribution in [3.05, 3.63) is 114 Å². The number of benzene rings is 3. The molecule has 0 fully saturated rings. The molecule has 4 aromatic rings. The number of halogens is 1. The van der Waals surface area contributed by atoms with Crippen LogP contribution in [0.1, 0.15) is 17.1 Å². The van der Waals surface area contributed by atoms with E-state index in [1.54, 1.807) is 0 Å². The van der Waals surface area contributed by atoms with Crippen molar-refractivity contribution in [2.45, 2.75) is 20.0 Å². The number of aromatic nitrogens is 2. The van der Waals surface area contributed by atoms with E-state index in [2.05, 4.69) is 123 Å². The van der Waals surface area contributed by atoms with Crippen LogP contribution >= 0.6 is 20.8 Å². The third kappa shape index (κ3) is 3.43. The summed E-state index contributed by atoms with van der Waals surface area (Å²) in [6, 6.07) is 32.5. The molecule has 0 atom stereocenters. The van der Waals surface area contributed by atoms with Gasteiger partial charge >= 0.3 is 181 Å². The van der Waals surface area contributed by atoms with Crippen molar-refractivity contribution < 1.29 is 0 Å². The molecular formula is C25H24BrN2P. The Bertz CT molecular complexity index is 1020. The summed E-state index contributed by atoms with van der Waals surface area (Å²) >= 11 is 4.48. The summed E-state index contributed by atoms with van der Waals surface area (Å²) in [6.45, 7) is 4.02. The van der Waals surface area contributed by atoms with Gasteiger partial charge in [0.1, 0.15) is 0 Å². The predicted octanol–water partition coefficient (Wildman–Crippen LogP) is 5.43. The SMILES string of the molecule is Cc1ncc(CP(Br)(c2ccccc2)(c2ccccc2)c2ccccc2)c(C)n1. The Morgan fingerprint density at radius 1 is 0.690 bits per heavy atom. The number of hydrogen-bond donors (Lipinski definition) is 0. The third-order valence-electron chi connectivity index (χ3n) is 5.55. The van der Waals surface area contributed by atoms with E-state index in [4.69, 9.17) is 0 Å². The summed E-state index contributed by atoms with van der Waals surface area (Å²) < 4.78 is 0. The molecule has 0 saturated carbocycles. The minimum absolute atomic E-state index is 0.806. The number of rotatable bonds is 5. The Hall–Kier alpha value is -2.35. The van der Waals surface area contributed by atoms with Gasteiger partial charge in [0.15, 0.2) is 0 Å². The van der Waals surface area contributed by atoms with E-state index < -0.39 is 5.31 Å². The van der Waals surface area contributed by atoms with E-state index in [0.29, 0.717) is 0 Å². The topological polar surface area (TPSA) is 25.8 Å².